The van der Waals surface area contributed by atoms with Crippen LogP contribution in [0.5, 0.6) is 0 Å². The van der Waals surface area contributed by atoms with Crippen LogP contribution in [-0.4, -0.2) is 27.4 Å². The second-order valence-corrected chi connectivity index (χ2v) is 7.12. The zero-order chi connectivity index (χ0) is 17.0. The highest BCUT2D eigenvalue weighted by Crippen LogP contribution is 2.25. The lowest BCUT2D eigenvalue weighted by Crippen LogP contribution is -2.16. The molecule has 0 atom stereocenters. The van der Waals surface area contributed by atoms with E-state index < -0.39 is 21.9 Å². The van der Waals surface area contributed by atoms with Gasteiger partial charge in [0.15, 0.2) is 0 Å². The quantitative estimate of drug-likeness (QED) is 0.760. The zero-order valence-electron chi connectivity index (χ0n) is 12.1. The number of hydrogen-bond donors (Lipinski definition) is 2. The minimum atomic E-state index is -3.92. The van der Waals surface area contributed by atoms with Gasteiger partial charge < -0.3 is 10.5 Å². The number of thiophene rings is 1. The Morgan fingerprint density at radius 1 is 1.22 bits per heavy atom. The van der Waals surface area contributed by atoms with E-state index in [9.17, 15) is 18.0 Å². The van der Waals surface area contributed by atoms with E-state index in [-0.39, 0.29) is 16.2 Å². The summed E-state index contributed by atoms with van der Waals surface area (Å²) in [7, 11) is -2.74. The van der Waals surface area contributed by atoms with E-state index in [0.717, 1.165) is 11.3 Å². The summed E-state index contributed by atoms with van der Waals surface area (Å²) in [6.45, 7) is 0. The fraction of sp³-hybridized carbons (Fsp3) is 0.143. The van der Waals surface area contributed by atoms with Crippen LogP contribution in [0, 0.1) is 0 Å². The van der Waals surface area contributed by atoms with E-state index in [1.165, 1.54) is 30.7 Å². The Kier molecular flexibility index (Phi) is 5.02. The van der Waals surface area contributed by atoms with Crippen molar-refractivity contribution in [3.05, 3.63) is 46.2 Å². The van der Waals surface area contributed by atoms with Crippen LogP contribution >= 0.6 is 11.3 Å². The molecular formula is C14H14N2O5S2. The smallest absolute Gasteiger partial charge is 0.349 e. The van der Waals surface area contributed by atoms with E-state index in [2.05, 4.69) is 9.46 Å². The molecule has 2 rings (SSSR count). The third kappa shape index (κ3) is 4.08. The molecule has 1 amide bonds. The van der Waals surface area contributed by atoms with Gasteiger partial charge in [-0.25, -0.2) is 13.2 Å². The molecule has 7 nitrogen and oxygen atoms in total. The molecule has 0 fully saturated rings. The van der Waals surface area contributed by atoms with Gasteiger partial charge >= 0.3 is 5.97 Å². The first-order valence-electron chi connectivity index (χ1n) is 6.39. The van der Waals surface area contributed by atoms with Crippen LogP contribution < -0.4 is 10.5 Å². The summed E-state index contributed by atoms with van der Waals surface area (Å²) in [4.78, 5) is 22.3. The number of nitrogens with one attached hydrogen (secondary N) is 1. The number of methoxy groups -OCH3 is 1. The average molecular weight is 354 g/mol. The highest BCUT2D eigenvalue weighted by Gasteiger charge is 2.24. The van der Waals surface area contributed by atoms with Crippen molar-refractivity contribution >= 4 is 38.9 Å². The van der Waals surface area contributed by atoms with Crippen LogP contribution in [-0.2, 0) is 26.0 Å². The van der Waals surface area contributed by atoms with Crippen molar-refractivity contribution in [2.75, 3.05) is 11.8 Å². The first kappa shape index (κ1) is 17.0. The Hall–Kier alpha value is -2.39. The van der Waals surface area contributed by atoms with E-state index in [0.29, 0.717) is 11.3 Å². The summed E-state index contributed by atoms with van der Waals surface area (Å²) in [5.74, 6) is -1.18. The van der Waals surface area contributed by atoms with Crippen molar-refractivity contribution in [2.24, 2.45) is 5.73 Å². The summed E-state index contributed by atoms with van der Waals surface area (Å²) in [6.07, 6.45) is 0.0735. The molecule has 0 saturated carbocycles. The molecule has 0 spiro atoms. The molecule has 0 aliphatic rings. The topological polar surface area (TPSA) is 116 Å². The largest absolute Gasteiger partial charge is 0.465 e. The van der Waals surface area contributed by atoms with Crippen molar-refractivity contribution in [3.8, 4) is 0 Å². The van der Waals surface area contributed by atoms with Gasteiger partial charge in [0, 0.05) is 5.69 Å². The normalized spacial score (nSPS) is 11.0. The molecule has 2 aromatic rings. The number of carbonyl (C=O) groups is 2. The van der Waals surface area contributed by atoms with Gasteiger partial charge in [0.05, 0.1) is 13.5 Å². The van der Waals surface area contributed by atoms with Gasteiger partial charge in [-0.3, -0.25) is 9.52 Å². The summed E-state index contributed by atoms with van der Waals surface area (Å²) >= 11 is 0.984. The van der Waals surface area contributed by atoms with Crippen molar-refractivity contribution in [2.45, 2.75) is 11.3 Å². The minimum absolute atomic E-state index is 0.00495. The second-order valence-electron chi connectivity index (χ2n) is 4.55. The summed E-state index contributed by atoms with van der Waals surface area (Å²) < 4.78 is 31.7. The molecule has 9 heteroatoms. The van der Waals surface area contributed by atoms with E-state index in [4.69, 9.17) is 5.73 Å². The first-order valence-corrected chi connectivity index (χ1v) is 8.75. The van der Waals surface area contributed by atoms with Crippen molar-refractivity contribution in [1.29, 1.82) is 0 Å². The maximum absolute atomic E-state index is 12.4. The number of rotatable bonds is 6. The number of amides is 1. The maximum Gasteiger partial charge on any atom is 0.349 e. The lowest BCUT2D eigenvalue weighted by Gasteiger charge is -2.09. The van der Waals surface area contributed by atoms with Crippen LogP contribution in [0.15, 0.2) is 40.6 Å². The number of nitrogens with two attached hydrogens (primary N) is 1. The molecule has 1 heterocycles. The van der Waals surface area contributed by atoms with Crippen LogP contribution in [0.4, 0.5) is 5.69 Å². The Labute approximate surface area is 137 Å². The Bertz CT molecular complexity index is 825. The molecule has 1 aromatic carbocycles. The average Bonchev–Trinajstić information content (AvgIpc) is 2.98. The predicted octanol–water partition coefficient (Wildman–Crippen LogP) is 1.36. The van der Waals surface area contributed by atoms with Crippen LogP contribution in [0.1, 0.15) is 15.2 Å². The Balaban J connectivity index is 2.23. The number of primary amides is 1. The van der Waals surface area contributed by atoms with Crippen LogP contribution in [0.2, 0.25) is 0 Å². The summed E-state index contributed by atoms with van der Waals surface area (Å²) in [6, 6.07) is 7.55. The van der Waals surface area contributed by atoms with Gasteiger partial charge in [0.1, 0.15) is 9.77 Å². The van der Waals surface area contributed by atoms with Gasteiger partial charge in [0.25, 0.3) is 10.0 Å². The summed E-state index contributed by atoms with van der Waals surface area (Å²) in [5, 5.41) is 1.50. The lowest BCUT2D eigenvalue weighted by atomic mass is 10.1. The van der Waals surface area contributed by atoms with E-state index >= 15 is 0 Å². The second kappa shape index (κ2) is 6.80. The molecule has 122 valence electrons. The van der Waals surface area contributed by atoms with Gasteiger partial charge in [-0.15, -0.1) is 11.3 Å². The van der Waals surface area contributed by atoms with Crippen molar-refractivity contribution in [3.63, 3.8) is 0 Å². The van der Waals surface area contributed by atoms with Crippen molar-refractivity contribution < 1.29 is 22.7 Å². The van der Waals surface area contributed by atoms with E-state index in [1.807, 2.05) is 0 Å². The summed E-state index contributed by atoms with van der Waals surface area (Å²) in [5.41, 5.74) is 6.07. The monoisotopic (exact) mass is 354 g/mol. The number of benzene rings is 1. The third-order valence-corrected chi connectivity index (χ3v) is 5.32. The Morgan fingerprint density at radius 3 is 2.43 bits per heavy atom. The minimum Gasteiger partial charge on any atom is -0.465 e. The fourth-order valence-corrected chi connectivity index (χ4v) is 4.25. The van der Waals surface area contributed by atoms with Gasteiger partial charge in [0.2, 0.25) is 5.91 Å². The number of sulfonamides is 1. The first-order chi connectivity index (χ1) is 10.8. The molecule has 0 aliphatic carbocycles. The number of esters is 1. The highest BCUT2D eigenvalue weighted by atomic mass is 32.2. The van der Waals surface area contributed by atoms with Gasteiger partial charge in [-0.1, -0.05) is 12.1 Å². The molecule has 23 heavy (non-hydrogen) atoms. The number of ether oxygens (including phenoxy) is 1. The molecule has 0 radical (unpaired) electrons. The highest BCUT2D eigenvalue weighted by molar-refractivity contribution is 7.93. The predicted molar refractivity (Wildman–Crippen MR) is 85.8 cm³/mol. The zero-order valence-corrected chi connectivity index (χ0v) is 13.7. The third-order valence-electron chi connectivity index (χ3n) is 2.87. The van der Waals surface area contributed by atoms with E-state index in [1.54, 1.807) is 12.1 Å². The number of anilines is 1. The number of hydrogen-bond acceptors (Lipinski definition) is 6. The number of carbonyl (C=O) groups excluding carboxylic acids is 2. The van der Waals surface area contributed by atoms with Gasteiger partial charge in [-0.2, -0.15) is 0 Å². The molecule has 0 saturated heterocycles. The fourth-order valence-electron chi connectivity index (χ4n) is 1.85. The molecule has 0 aliphatic heterocycles. The standard InChI is InChI=1S/C14H14N2O5S2/c1-21-14(18)13-11(6-7-22-13)23(19,20)16-10-4-2-9(3-5-10)8-12(15)17/h2-7,16H,8H2,1H3,(H2,15,17). The molecule has 1 aromatic heterocycles. The molecule has 0 unspecified atom stereocenters. The maximum atomic E-state index is 12.4. The SMILES string of the molecule is COC(=O)c1sccc1S(=O)(=O)Nc1ccc(CC(N)=O)cc1. The Morgan fingerprint density at radius 2 is 1.87 bits per heavy atom. The van der Waals surface area contributed by atoms with Crippen molar-refractivity contribution in [1.82, 2.24) is 0 Å². The van der Waals surface area contributed by atoms with Crippen LogP contribution in [0.25, 0.3) is 0 Å². The van der Waals surface area contributed by atoms with Gasteiger partial charge in [-0.05, 0) is 29.1 Å². The molecular weight excluding hydrogens is 340 g/mol. The lowest BCUT2D eigenvalue weighted by molar-refractivity contribution is -0.117. The van der Waals surface area contributed by atoms with Crippen LogP contribution in [0.3, 0.4) is 0 Å². The molecule has 3 N–H and O–H groups in total. The molecule has 0 bridgehead atoms.